The molecule has 2 heterocycles. The first kappa shape index (κ1) is 17.6. The molecule has 0 atom stereocenters. The zero-order valence-corrected chi connectivity index (χ0v) is 16.6. The number of halogens is 1. The van der Waals surface area contributed by atoms with Crippen molar-refractivity contribution in [1.82, 2.24) is 14.6 Å². The van der Waals surface area contributed by atoms with Gasteiger partial charge >= 0.3 is 0 Å². The van der Waals surface area contributed by atoms with Crippen LogP contribution in [0.25, 0.3) is 10.9 Å². The lowest BCUT2D eigenvalue weighted by atomic mass is 9.95. The summed E-state index contributed by atoms with van der Waals surface area (Å²) >= 11 is 3.42. The molecule has 0 saturated carbocycles. The van der Waals surface area contributed by atoms with Crippen molar-refractivity contribution in [3.05, 3.63) is 61.9 Å². The van der Waals surface area contributed by atoms with Gasteiger partial charge in [0.25, 0.3) is 5.56 Å². The number of rotatable bonds is 2. The van der Waals surface area contributed by atoms with E-state index in [9.17, 15) is 4.79 Å². The SMILES string of the molecule is Cc1cc(C=Nn2c(C(C)(C)C)nc3ccc(Br)cc3c2=O)c(C)[nH]1. The zero-order valence-electron chi connectivity index (χ0n) is 15.0. The monoisotopic (exact) mass is 400 g/mol. The van der Waals surface area contributed by atoms with Gasteiger partial charge in [0.05, 0.1) is 17.1 Å². The van der Waals surface area contributed by atoms with Crippen LogP contribution < -0.4 is 5.56 Å². The summed E-state index contributed by atoms with van der Waals surface area (Å²) in [5.74, 6) is 0.633. The fourth-order valence-corrected chi connectivity index (χ4v) is 3.10. The van der Waals surface area contributed by atoms with Crippen molar-refractivity contribution in [1.29, 1.82) is 0 Å². The molecule has 0 aliphatic rings. The van der Waals surface area contributed by atoms with E-state index in [-0.39, 0.29) is 11.0 Å². The summed E-state index contributed by atoms with van der Waals surface area (Å²) in [6, 6.07) is 7.53. The number of aryl methyl sites for hydroxylation is 2. The number of aromatic amines is 1. The predicted octanol–water partition coefficient (Wildman–Crippen LogP) is 4.28. The van der Waals surface area contributed by atoms with Crippen molar-refractivity contribution in [3.63, 3.8) is 0 Å². The van der Waals surface area contributed by atoms with Gasteiger partial charge in [0.2, 0.25) is 0 Å². The molecule has 6 heteroatoms. The minimum Gasteiger partial charge on any atom is -0.362 e. The van der Waals surface area contributed by atoms with Crippen molar-refractivity contribution < 1.29 is 0 Å². The Kier molecular flexibility index (Phi) is 4.41. The van der Waals surface area contributed by atoms with Crippen LogP contribution in [0.15, 0.2) is 38.6 Å². The molecular weight excluding hydrogens is 380 g/mol. The van der Waals surface area contributed by atoms with Gasteiger partial charge < -0.3 is 4.98 Å². The second-order valence-corrected chi connectivity index (χ2v) is 8.16. The minimum absolute atomic E-state index is 0.169. The van der Waals surface area contributed by atoms with E-state index in [1.165, 1.54) is 4.68 Å². The Morgan fingerprint density at radius 2 is 1.96 bits per heavy atom. The first-order valence-corrected chi connectivity index (χ1v) is 8.89. The number of nitrogens with one attached hydrogen (secondary N) is 1. The molecule has 130 valence electrons. The van der Waals surface area contributed by atoms with Crippen LogP contribution in [-0.2, 0) is 5.41 Å². The number of H-pyrrole nitrogens is 1. The molecule has 0 fully saturated rings. The second kappa shape index (κ2) is 6.26. The van der Waals surface area contributed by atoms with Gasteiger partial charge in [-0.1, -0.05) is 36.7 Å². The van der Waals surface area contributed by atoms with Crippen LogP contribution in [-0.4, -0.2) is 20.9 Å². The first-order chi connectivity index (χ1) is 11.7. The second-order valence-electron chi connectivity index (χ2n) is 7.24. The number of hydrogen-bond donors (Lipinski definition) is 1. The Hall–Kier alpha value is -2.21. The smallest absolute Gasteiger partial charge is 0.282 e. The van der Waals surface area contributed by atoms with E-state index in [2.05, 4.69) is 26.0 Å². The van der Waals surface area contributed by atoms with Crippen LogP contribution in [0.2, 0.25) is 0 Å². The third-order valence-electron chi connectivity index (χ3n) is 3.98. The van der Waals surface area contributed by atoms with Gasteiger partial charge in [0.15, 0.2) is 0 Å². The van der Waals surface area contributed by atoms with E-state index in [4.69, 9.17) is 4.98 Å². The van der Waals surface area contributed by atoms with E-state index in [1.807, 2.05) is 52.8 Å². The average molecular weight is 401 g/mol. The summed E-state index contributed by atoms with van der Waals surface area (Å²) in [5.41, 5.74) is 3.22. The van der Waals surface area contributed by atoms with Gasteiger partial charge in [-0.25, -0.2) is 4.98 Å². The zero-order chi connectivity index (χ0) is 18.4. The van der Waals surface area contributed by atoms with Crippen LogP contribution in [0, 0.1) is 13.8 Å². The molecule has 0 radical (unpaired) electrons. The number of benzene rings is 1. The van der Waals surface area contributed by atoms with Gasteiger partial charge in [-0.05, 0) is 38.1 Å². The summed E-state index contributed by atoms with van der Waals surface area (Å²) in [5, 5.41) is 5.02. The molecule has 0 unspecified atom stereocenters. The Morgan fingerprint density at radius 1 is 1.24 bits per heavy atom. The highest BCUT2D eigenvalue weighted by Gasteiger charge is 2.22. The lowest BCUT2D eigenvalue weighted by Crippen LogP contribution is -2.29. The highest BCUT2D eigenvalue weighted by molar-refractivity contribution is 9.10. The van der Waals surface area contributed by atoms with Gasteiger partial charge in [-0.2, -0.15) is 9.78 Å². The number of hydrogen-bond acceptors (Lipinski definition) is 3. The van der Waals surface area contributed by atoms with Crippen LogP contribution in [0.1, 0.15) is 43.5 Å². The number of nitrogens with zero attached hydrogens (tertiary/aromatic N) is 3. The van der Waals surface area contributed by atoms with Crippen molar-refractivity contribution >= 4 is 33.0 Å². The Labute approximate surface area is 154 Å². The van der Waals surface area contributed by atoms with Gasteiger partial charge in [0, 0.05) is 26.8 Å². The van der Waals surface area contributed by atoms with Crippen molar-refractivity contribution in [2.75, 3.05) is 0 Å². The molecular formula is C19H21BrN4O. The fraction of sp³-hybridized carbons (Fsp3) is 0.316. The Morgan fingerprint density at radius 3 is 2.56 bits per heavy atom. The summed E-state index contributed by atoms with van der Waals surface area (Å²) in [4.78, 5) is 21.0. The molecule has 0 aliphatic carbocycles. The maximum atomic E-state index is 13.0. The van der Waals surface area contributed by atoms with Gasteiger partial charge in [0.1, 0.15) is 5.82 Å². The quantitative estimate of drug-likeness (QED) is 0.652. The van der Waals surface area contributed by atoms with E-state index in [0.29, 0.717) is 16.7 Å². The van der Waals surface area contributed by atoms with Crippen LogP contribution >= 0.6 is 15.9 Å². The molecule has 2 aromatic heterocycles. The van der Waals surface area contributed by atoms with Crippen LogP contribution in [0.5, 0.6) is 0 Å². The molecule has 1 aromatic carbocycles. The molecule has 5 nitrogen and oxygen atoms in total. The molecule has 0 amide bonds. The predicted molar refractivity (Wildman–Crippen MR) is 106 cm³/mol. The van der Waals surface area contributed by atoms with E-state index >= 15 is 0 Å². The summed E-state index contributed by atoms with van der Waals surface area (Å²) < 4.78 is 2.26. The molecule has 25 heavy (non-hydrogen) atoms. The lowest BCUT2D eigenvalue weighted by molar-refractivity contribution is 0.506. The average Bonchev–Trinajstić information content (AvgIpc) is 2.83. The molecule has 0 bridgehead atoms. The van der Waals surface area contributed by atoms with Crippen molar-refractivity contribution in [2.24, 2.45) is 5.10 Å². The standard InChI is InChI=1S/C19H21BrN4O/c1-11-8-13(12(2)22-11)10-21-24-17(25)15-9-14(20)6-7-16(15)23-18(24)19(3,4)5/h6-10,22H,1-5H3. The topological polar surface area (TPSA) is 63.0 Å². The highest BCUT2D eigenvalue weighted by Crippen LogP contribution is 2.23. The molecule has 0 saturated heterocycles. The summed E-state index contributed by atoms with van der Waals surface area (Å²) in [7, 11) is 0. The van der Waals surface area contributed by atoms with Crippen molar-refractivity contribution in [3.8, 4) is 0 Å². The highest BCUT2D eigenvalue weighted by atomic mass is 79.9. The third-order valence-corrected chi connectivity index (χ3v) is 4.47. The van der Waals surface area contributed by atoms with Crippen LogP contribution in [0.3, 0.4) is 0 Å². The van der Waals surface area contributed by atoms with Gasteiger partial charge in [-0.15, -0.1) is 0 Å². The fourth-order valence-electron chi connectivity index (χ4n) is 2.74. The Balaban J connectivity index is 2.26. The minimum atomic E-state index is -0.319. The number of fused-ring (bicyclic) bond motifs is 1. The van der Waals surface area contributed by atoms with Gasteiger partial charge in [-0.3, -0.25) is 4.79 Å². The van der Waals surface area contributed by atoms with Crippen molar-refractivity contribution in [2.45, 2.75) is 40.0 Å². The maximum Gasteiger partial charge on any atom is 0.282 e. The largest absolute Gasteiger partial charge is 0.362 e. The van der Waals surface area contributed by atoms with E-state index in [0.717, 1.165) is 21.4 Å². The molecule has 0 aliphatic heterocycles. The molecule has 1 N–H and O–H groups in total. The summed E-state index contributed by atoms with van der Waals surface area (Å²) in [6.45, 7) is 10.1. The lowest BCUT2D eigenvalue weighted by Gasteiger charge is -2.20. The van der Waals surface area contributed by atoms with E-state index in [1.54, 1.807) is 12.3 Å². The first-order valence-electron chi connectivity index (χ1n) is 8.10. The molecule has 3 aromatic rings. The van der Waals surface area contributed by atoms with E-state index < -0.39 is 0 Å². The maximum absolute atomic E-state index is 13.0. The van der Waals surface area contributed by atoms with Crippen LogP contribution in [0.4, 0.5) is 0 Å². The normalized spacial score (nSPS) is 12.4. The molecule has 0 spiro atoms. The molecule has 3 rings (SSSR count). The number of aromatic nitrogens is 3. The Bertz CT molecular complexity index is 1040. The third kappa shape index (κ3) is 3.44. The summed E-state index contributed by atoms with van der Waals surface area (Å²) in [6.07, 6.45) is 1.71.